The summed E-state index contributed by atoms with van der Waals surface area (Å²) in [5, 5.41) is 22.7. The van der Waals surface area contributed by atoms with Crippen molar-refractivity contribution in [1.82, 2.24) is 0 Å². The number of aliphatic hydroxyl groups is 1. The minimum absolute atomic E-state index is 0.0364. The molecule has 88 valence electrons. The van der Waals surface area contributed by atoms with Crippen LogP contribution in [0.15, 0.2) is 24.3 Å². The highest BCUT2D eigenvalue weighted by atomic mass is 16.6. The van der Waals surface area contributed by atoms with Crippen LogP contribution in [0.2, 0.25) is 0 Å². The van der Waals surface area contributed by atoms with Gasteiger partial charge in [-0.3, -0.25) is 10.1 Å². The molecule has 0 radical (unpaired) electrons. The monoisotopic (exact) mass is 224 g/mol. The maximum Gasteiger partial charge on any atom is 0.269 e. The number of nitrogens with one attached hydrogen (secondary N) is 1. The zero-order valence-electron chi connectivity index (χ0n) is 9.38. The molecule has 1 aromatic carbocycles. The van der Waals surface area contributed by atoms with E-state index in [1.165, 1.54) is 12.1 Å². The normalized spacial score (nSPS) is 12.5. The molecule has 5 nitrogen and oxygen atoms in total. The largest absolute Gasteiger partial charge is 0.394 e. The van der Waals surface area contributed by atoms with Crippen molar-refractivity contribution in [2.24, 2.45) is 5.92 Å². The molecule has 16 heavy (non-hydrogen) atoms. The molecule has 1 atom stereocenters. The van der Waals surface area contributed by atoms with Crippen LogP contribution in [0.5, 0.6) is 0 Å². The Labute approximate surface area is 94.3 Å². The molecule has 0 fully saturated rings. The fraction of sp³-hybridized carbons (Fsp3) is 0.455. The van der Waals surface area contributed by atoms with Crippen LogP contribution < -0.4 is 5.32 Å². The van der Waals surface area contributed by atoms with Crippen LogP contribution in [-0.4, -0.2) is 22.7 Å². The van der Waals surface area contributed by atoms with E-state index in [9.17, 15) is 10.1 Å². The van der Waals surface area contributed by atoms with E-state index in [2.05, 4.69) is 5.32 Å². The molecule has 1 rings (SSSR count). The zero-order valence-corrected chi connectivity index (χ0v) is 9.38. The van der Waals surface area contributed by atoms with E-state index in [0.29, 0.717) is 5.92 Å². The average Bonchev–Trinajstić information content (AvgIpc) is 2.26. The molecule has 0 saturated heterocycles. The highest BCUT2D eigenvalue weighted by Crippen LogP contribution is 2.17. The summed E-state index contributed by atoms with van der Waals surface area (Å²) in [5.41, 5.74) is 0.842. The number of nitro benzene ring substituents is 1. The summed E-state index contributed by atoms with van der Waals surface area (Å²) in [4.78, 5) is 10.0. The molecule has 5 heteroatoms. The Bertz CT molecular complexity index is 349. The number of non-ortho nitro benzene ring substituents is 1. The van der Waals surface area contributed by atoms with Gasteiger partial charge < -0.3 is 10.4 Å². The topological polar surface area (TPSA) is 75.4 Å². The SMILES string of the molecule is CC(C)C(CO)Nc1ccc([N+](=O)[O-])cc1. The molecule has 0 spiro atoms. The van der Waals surface area contributed by atoms with Crippen molar-refractivity contribution in [3.63, 3.8) is 0 Å². The third kappa shape index (κ3) is 3.20. The van der Waals surface area contributed by atoms with Crippen molar-refractivity contribution in [2.45, 2.75) is 19.9 Å². The Morgan fingerprint density at radius 2 is 1.94 bits per heavy atom. The first-order valence-electron chi connectivity index (χ1n) is 5.16. The van der Waals surface area contributed by atoms with Gasteiger partial charge in [-0.15, -0.1) is 0 Å². The average molecular weight is 224 g/mol. The van der Waals surface area contributed by atoms with Crippen LogP contribution in [0.3, 0.4) is 0 Å². The van der Waals surface area contributed by atoms with Gasteiger partial charge in [-0.1, -0.05) is 13.8 Å². The second kappa shape index (κ2) is 5.46. The Kier molecular flexibility index (Phi) is 4.25. The third-order valence-corrected chi connectivity index (χ3v) is 2.43. The molecule has 0 bridgehead atoms. The van der Waals surface area contributed by atoms with Gasteiger partial charge in [-0.25, -0.2) is 0 Å². The van der Waals surface area contributed by atoms with Gasteiger partial charge in [0.2, 0.25) is 0 Å². The van der Waals surface area contributed by atoms with Gasteiger partial charge in [0.25, 0.3) is 5.69 Å². The van der Waals surface area contributed by atoms with E-state index in [1.54, 1.807) is 12.1 Å². The quantitative estimate of drug-likeness (QED) is 0.592. The van der Waals surface area contributed by atoms with Crippen LogP contribution >= 0.6 is 0 Å². The zero-order chi connectivity index (χ0) is 12.1. The van der Waals surface area contributed by atoms with Crippen LogP contribution in [0.1, 0.15) is 13.8 Å². The summed E-state index contributed by atoms with van der Waals surface area (Å²) < 4.78 is 0. The number of benzene rings is 1. The molecular formula is C11H16N2O3. The first-order chi connectivity index (χ1) is 7.54. The van der Waals surface area contributed by atoms with Crippen molar-refractivity contribution < 1.29 is 10.0 Å². The van der Waals surface area contributed by atoms with Gasteiger partial charge in [0.05, 0.1) is 17.6 Å². The first-order valence-corrected chi connectivity index (χ1v) is 5.16. The molecular weight excluding hydrogens is 208 g/mol. The minimum atomic E-state index is -0.435. The summed E-state index contributed by atoms with van der Waals surface area (Å²) in [6.45, 7) is 4.03. The van der Waals surface area contributed by atoms with E-state index < -0.39 is 4.92 Å². The highest BCUT2D eigenvalue weighted by molar-refractivity contribution is 5.49. The number of anilines is 1. The second-order valence-corrected chi connectivity index (χ2v) is 3.98. The fourth-order valence-electron chi connectivity index (χ4n) is 1.32. The Morgan fingerprint density at radius 1 is 1.38 bits per heavy atom. The molecule has 0 aliphatic carbocycles. The summed E-state index contributed by atoms with van der Waals surface area (Å²) in [7, 11) is 0. The summed E-state index contributed by atoms with van der Waals surface area (Å²) >= 11 is 0. The predicted molar refractivity (Wildman–Crippen MR) is 62.4 cm³/mol. The highest BCUT2D eigenvalue weighted by Gasteiger charge is 2.12. The Morgan fingerprint density at radius 3 is 2.31 bits per heavy atom. The van der Waals surface area contributed by atoms with E-state index in [-0.39, 0.29) is 18.3 Å². The molecule has 0 saturated carbocycles. The number of nitro groups is 1. The Balaban J connectivity index is 2.71. The first kappa shape index (κ1) is 12.4. The molecule has 0 aliphatic heterocycles. The van der Waals surface area contributed by atoms with Gasteiger partial charge >= 0.3 is 0 Å². The van der Waals surface area contributed by atoms with E-state index >= 15 is 0 Å². The number of aliphatic hydroxyl groups excluding tert-OH is 1. The molecule has 0 aromatic heterocycles. The number of rotatable bonds is 5. The molecule has 0 heterocycles. The number of hydrogen-bond donors (Lipinski definition) is 2. The number of hydrogen-bond acceptors (Lipinski definition) is 4. The summed E-state index contributed by atoms with van der Waals surface area (Å²) in [6, 6.07) is 6.13. The number of nitrogens with zero attached hydrogens (tertiary/aromatic N) is 1. The fourth-order valence-corrected chi connectivity index (χ4v) is 1.32. The molecule has 1 unspecified atom stereocenters. The summed E-state index contributed by atoms with van der Waals surface area (Å²) in [6.07, 6.45) is 0. The van der Waals surface area contributed by atoms with Crippen LogP contribution in [0.4, 0.5) is 11.4 Å². The lowest BCUT2D eigenvalue weighted by Gasteiger charge is -2.20. The van der Waals surface area contributed by atoms with Crippen LogP contribution in [0.25, 0.3) is 0 Å². The van der Waals surface area contributed by atoms with Gasteiger partial charge in [-0.2, -0.15) is 0 Å². The maximum atomic E-state index is 10.4. The predicted octanol–water partition coefficient (Wildman–Crippen LogP) is 2.02. The van der Waals surface area contributed by atoms with Crippen LogP contribution in [-0.2, 0) is 0 Å². The van der Waals surface area contributed by atoms with Crippen molar-refractivity contribution in [3.8, 4) is 0 Å². The van der Waals surface area contributed by atoms with E-state index in [0.717, 1.165) is 5.69 Å². The summed E-state index contributed by atoms with van der Waals surface area (Å²) in [5.74, 6) is 0.292. The molecule has 2 N–H and O–H groups in total. The van der Waals surface area contributed by atoms with Gasteiger partial charge in [0.15, 0.2) is 0 Å². The lowest BCUT2D eigenvalue weighted by atomic mass is 10.1. The van der Waals surface area contributed by atoms with Crippen molar-refractivity contribution >= 4 is 11.4 Å². The smallest absolute Gasteiger partial charge is 0.269 e. The van der Waals surface area contributed by atoms with Gasteiger partial charge in [-0.05, 0) is 18.1 Å². The standard InChI is InChI=1S/C11H16N2O3/c1-8(2)11(7-14)12-9-3-5-10(6-4-9)13(15)16/h3-6,8,11-12,14H,7H2,1-2H3. The molecule has 0 aliphatic rings. The molecule has 1 aromatic rings. The maximum absolute atomic E-state index is 10.4. The van der Waals surface area contributed by atoms with Crippen molar-refractivity contribution in [2.75, 3.05) is 11.9 Å². The lowest BCUT2D eigenvalue weighted by molar-refractivity contribution is -0.384. The third-order valence-electron chi connectivity index (χ3n) is 2.43. The minimum Gasteiger partial charge on any atom is -0.394 e. The lowest BCUT2D eigenvalue weighted by Crippen LogP contribution is -2.29. The Hall–Kier alpha value is -1.62. The van der Waals surface area contributed by atoms with E-state index in [1.807, 2.05) is 13.8 Å². The van der Waals surface area contributed by atoms with Gasteiger partial charge in [0.1, 0.15) is 0 Å². The van der Waals surface area contributed by atoms with Crippen molar-refractivity contribution in [1.29, 1.82) is 0 Å². The van der Waals surface area contributed by atoms with Crippen molar-refractivity contribution in [3.05, 3.63) is 34.4 Å². The van der Waals surface area contributed by atoms with Gasteiger partial charge in [0, 0.05) is 17.8 Å². The second-order valence-electron chi connectivity index (χ2n) is 3.98. The van der Waals surface area contributed by atoms with Crippen LogP contribution in [0, 0.1) is 16.0 Å². The van der Waals surface area contributed by atoms with E-state index in [4.69, 9.17) is 5.11 Å². The molecule has 0 amide bonds.